The minimum absolute atomic E-state index is 0.00104. The quantitative estimate of drug-likeness (QED) is 0.754. The highest BCUT2D eigenvalue weighted by molar-refractivity contribution is 6.04. The lowest BCUT2D eigenvalue weighted by atomic mass is 9.95. The van der Waals surface area contributed by atoms with Gasteiger partial charge in [-0.2, -0.15) is 0 Å². The normalized spacial score (nSPS) is 15.8. The van der Waals surface area contributed by atoms with E-state index in [0.717, 1.165) is 12.8 Å². The summed E-state index contributed by atoms with van der Waals surface area (Å²) in [6.07, 6.45) is 2.74. The molecule has 23 heavy (non-hydrogen) atoms. The van der Waals surface area contributed by atoms with Crippen LogP contribution in [0, 0.1) is 11.3 Å². The Bertz CT molecular complexity index is 574. The molecule has 0 heterocycles. The average Bonchev–Trinajstić information content (AvgIpc) is 3.31. The van der Waals surface area contributed by atoms with E-state index in [0.29, 0.717) is 23.6 Å². The molecular formula is C18H26N2O3. The summed E-state index contributed by atoms with van der Waals surface area (Å²) in [5.41, 5.74) is 0.439. The lowest BCUT2D eigenvalue weighted by Crippen LogP contribution is -2.38. The first kappa shape index (κ1) is 17.5. The molecule has 1 aliphatic rings. The number of hydrogen-bond donors (Lipinski definition) is 3. The summed E-state index contributed by atoms with van der Waals surface area (Å²) in [4.78, 5) is 24.7. The number of nitrogens with one attached hydrogen (secondary N) is 2. The zero-order chi connectivity index (χ0) is 17.0. The topological polar surface area (TPSA) is 78.4 Å². The van der Waals surface area contributed by atoms with Crippen LogP contribution in [0.3, 0.4) is 0 Å². The first-order valence-corrected chi connectivity index (χ1v) is 8.15. The van der Waals surface area contributed by atoms with E-state index in [1.54, 1.807) is 24.3 Å². The van der Waals surface area contributed by atoms with Gasteiger partial charge in [-0.15, -0.1) is 0 Å². The molecular weight excluding hydrogens is 292 g/mol. The third-order valence-corrected chi connectivity index (χ3v) is 4.05. The van der Waals surface area contributed by atoms with Gasteiger partial charge in [0.2, 0.25) is 5.91 Å². The third kappa shape index (κ3) is 4.79. The second-order valence-electron chi connectivity index (χ2n) is 7.18. The minimum atomic E-state index is -0.531. The second-order valence-corrected chi connectivity index (χ2v) is 7.18. The fraction of sp³-hybridized carbons (Fsp3) is 0.556. The summed E-state index contributed by atoms with van der Waals surface area (Å²) in [6.45, 7) is 5.55. The molecule has 1 aromatic rings. The maximum atomic E-state index is 12.6. The first-order chi connectivity index (χ1) is 10.8. The van der Waals surface area contributed by atoms with Crippen LogP contribution < -0.4 is 10.6 Å². The van der Waals surface area contributed by atoms with E-state index in [-0.39, 0.29) is 24.5 Å². The number of anilines is 1. The van der Waals surface area contributed by atoms with Gasteiger partial charge >= 0.3 is 0 Å². The van der Waals surface area contributed by atoms with Gasteiger partial charge in [0.1, 0.15) is 0 Å². The van der Waals surface area contributed by atoms with Gasteiger partial charge in [-0.1, -0.05) is 32.9 Å². The predicted molar refractivity (Wildman–Crippen MR) is 90.2 cm³/mol. The number of rotatable bonds is 6. The highest BCUT2D eigenvalue weighted by Crippen LogP contribution is 2.34. The molecule has 0 aliphatic heterocycles. The number of aliphatic hydroxyl groups is 1. The molecule has 5 heteroatoms. The van der Waals surface area contributed by atoms with E-state index >= 15 is 0 Å². The highest BCUT2D eigenvalue weighted by Gasteiger charge is 2.32. The Morgan fingerprint density at radius 1 is 1.26 bits per heavy atom. The Morgan fingerprint density at radius 2 is 1.91 bits per heavy atom. The van der Waals surface area contributed by atoms with Gasteiger partial charge in [-0.25, -0.2) is 0 Å². The molecule has 126 valence electrons. The number of benzene rings is 1. The molecule has 0 aromatic heterocycles. The molecule has 0 radical (unpaired) electrons. The van der Waals surface area contributed by atoms with Gasteiger partial charge in [-0.05, 0) is 37.3 Å². The maximum Gasteiger partial charge on any atom is 0.253 e. The zero-order valence-corrected chi connectivity index (χ0v) is 14.1. The van der Waals surface area contributed by atoms with Crippen LogP contribution in [0.5, 0.6) is 0 Å². The largest absolute Gasteiger partial charge is 0.396 e. The molecule has 5 nitrogen and oxygen atoms in total. The number of para-hydroxylation sites is 1. The highest BCUT2D eigenvalue weighted by atomic mass is 16.3. The summed E-state index contributed by atoms with van der Waals surface area (Å²) < 4.78 is 0. The van der Waals surface area contributed by atoms with Crippen LogP contribution in [0.15, 0.2) is 24.3 Å². The summed E-state index contributed by atoms with van der Waals surface area (Å²) in [5, 5.41) is 15.0. The molecule has 2 amide bonds. The van der Waals surface area contributed by atoms with E-state index in [9.17, 15) is 9.59 Å². The Kier molecular flexibility index (Phi) is 5.42. The van der Waals surface area contributed by atoms with Crippen molar-refractivity contribution in [1.82, 2.24) is 5.32 Å². The van der Waals surface area contributed by atoms with Gasteiger partial charge < -0.3 is 15.7 Å². The predicted octanol–water partition coefficient (Wildman–Crippen LogP) is 2.56. The zero-order valence-electron chi connectivity index (χ0n) is 14.1. The molecule has 1 aliphatic carbocycles. The molecule has 3 N–H and O–H groups in total. The van der Waals surface area contributed by atoms with Crippen molar-refractivity contribution >= 4 is 17.5 Å². The van der Waals surface area contributed by atoms with E-state index in [1.165, 1.54) is 0 Å². The fourth-order valence-electron chi connectivity index (χ4n) is 2.41. The van der Waals surface area contributed by atoms with Crippen molar-refractivity contribution in [1.29, 1.82) is 0 Å². The van der Waals surface area contributed by atoms with E-state index in [1.807, 2.05) is 20.8 Å². The molecule has 0 spiro atoms. The molecule has 1 aromatic carbocycles. The van der Waals surface area contributed by atoms with Crippen LogP contribution in [0.4, 0.5) is 5.69 Å². The van der Waals surface area contributed by atoms with Crippen LogP contribution in [-0.4, -0.2) is 29.6 Å². The number of carbonyl (C=O) groups excluding carboxylic acids is 2. The molecule has 1 atom stereocenters. The van der Waals surface area contributed by atoms with Gasteiger partial charge in [0.15, 0.2) is 0 Å². The Morgan fingerprint density at radius 3 is 2.48 bits per heavy atom. The SMILES string of the molecule is CC(C)(C)C(=O)Nc1ccccc1C(=O)NC(CCO)C1CC1. The maximum absolute atomic E-state index is 12.6. The summed E-state index contributed by atoms with van der Waals surface area (Å²) in [6, 6.07) is 7.01. The molecule has 2 rings (SSSR count). The summed E-state index contributed by atoms with van der Waals surface area (Å²) >= 11 is 0. The fourth-order valence-corrected chi connectivity index (χ4v) is 2.41. The first-order valence-electron chi connectivity index (χ1n) is 8.15. The number of hydrogen-bond acceptors (Lipinski definition) is 3. The lowest BCUT2D eigenvalue weighted by Gasteiger charge is -2.21. The third-order valence-electron chi connectivity index (χ3n) is 4.05. The number of amides is 2. The van der Waals surface area contributed by atoms with Crippen molar-refractivity contribution in [2.24, 2.45) is 11.3 Å². The molecule has 1 fully saturated rings. The van der Waals surface area contributed by atoms with Crippen LogP contribution in [0.2, 0.25) is 0 Å². The standard InChI is InChI=1S/C18H26N2O3/c1-18(2,3)17(23)20-15-7-5-4-6-13(15)16(22)19-14(10-11-21)12-8-9-12/h4-7,12,14,21H,8-11H2,1-3H3,(H,19,22)(H,20,23). The van der Waals surface area contributed by atoms with Crippen LogP contribution in [0.25, 0.3) is 0 Å². The van der Waals surface area contributed by atoms with Crippen molar-refractivity contribution in [3.63, 3.8) is 0 Å². The average molecular weight is 318 g/mol. The van der Waals surface area contributed by atoms with Crippen molar-refractivity contribution < 1.29 is 14.7 Å². The van der Waals surface area contributed by atoms with E-state index in [4.69, 9.17) is 5.11 Å². The van der Waals surface area contributed by atoms with Crippen LogP contribution in [0.1, 0.15) is 50.4 Å². The smallest absolute Gasteiger partial charge is 0.253 e. The molecule has 0 saturated heterocycles. The van der Waals surface area contributed by atoms with Gasteiger partial charge in [0.25, 0.3) is 5.91 Å². The van der Waals surface area contributed by atoms with Crippen molar-refractivity contribution in [2.75, 3.05) is 11.9 Å². The van der Waals surface area contributed by atoms with Gasteiger partial charge in [-0.3, -0.25) is 9.59 Å². The van der Waals surface area contributed by atoms with Gasteiger partial charge in [0.05, 0.1) is 11.3 Å². The molecule has 1 saturated carbocycles. The number of aliphatic hydroxyl groups excluding tert-OH is 1. The Labute approximate surface area is 137 Å². The Balaban J connectivity index is 2.12. The number of carbonyl (C=O) groups is 2. The second kappa shape index (κ2) is 7.13. The van der Waals surface area contributed by atoms with Crippen molar-refractivity contribution in [2.45, 2.75) is 46.1 Å². The van der Waals surface area contributed by atoms with Crippen molar-refractivity contribution in [3.05, 3.63) is 29.8 Å². The molecule has 1 unspecified atom stereocenters. The lowest BCUT2D eigenvalue weighted by molar-refractivity contribution is -0.123. The van der Waals surface area contributed by atoms with Crippen LogP contribution >= 0.6 is 0 Å². The summed E-state index contributed by atoms with van der Waals surface area (Å²) in [5.74, 6) is 0.120. The Hall–Kier alpha value is -1.88. The van der Waals surface area contributed by atoms with Gasteiger partial charge in [0, 0.05) is 18.1 Å². The summed E-state index contributed by atoms with van der Waals surface area (Å²) in [7, 11) is 0. The van der Waals surface area contributed by atoms with Crippen molar-refractivity contribution in [3.8, 4) is 0 Å². The molecule has 0 bridgehead atoms. The van der Waals surface area contributed by atoms with Crippen LogP contribution in [-0.2, 0) is 4.79 Å². The minimum Gasteiger partial charge on any atom is -0.396 e. The van der Waals surface area contributed by atoms with E-state index in [2.05, 4.69) is 10.6 Å². The van der Waals surface area contributed by atoms with E-state index < -0.39 is 5.41 Å². The monoisotopic (exact) mass is 318 g/mol.